The number of carbonyl (C=O) groups is 1. The normalized spacial score (nSPS) is 11.7. The highest BCUT2D eigenvalue weighted by Crippen LogP contribution is 2.16. The lowest BCUT2D eigenvalue weighted by Crippen LogP contribution is -2.37. The first-order valence-electron chi connectivity index (χ1n) is 5.73. The van der Waals surface area contributed by atoms with Crippen LogP contribution < -0.4 is 10.1 Å². The van der Waals surface area contributed by atoms with Gasteiger partial charge in [-0.2, -0.15) is 0 Å². The van der Waals surface area contributed by atoms with Crippen LogP contribution in [-0.4, -0.2) is 37.2 Å². The van der Waals surface area contributed by atoms with Crippen LogP contribution in [0.15, 0.2) is 24.3 Å². The van der Waals surface area contributed by atoms with Crippen molar-refractivity contribution in [2.24, 2.45) is 0 Å². The lowest BCUT2D eigenvalue weighted by Gasteiger charge is -2.11. The van der Waals surface area contributed by atoms with Crippen LogP contribution in [0.3, 0.4) is 0 Å². The summed E-state index contributed by atoms with van der Waals surface area (Å²) in [6.07, 6.45) is 0. The number of hydrogen-bond acceptors (Lipinski definition) is 6. The summed E-state index contributed by atoms with van der Waals surface area (Å²) < 4.78 is 9.92. The zero-order valence-electron chi connectivity index (χ0n) is 10.8. The van der Waals surface area contributed by atoms with Gasteiger partial charge in [0.05, 0.1) is 12.0 Å². The van der Waals surface area contributed by atoms with Gasteiger partial charge in [-0.3, -0.25) is 14.9 Å². The molecule has 1 atom stereocenters. The van der Waals surface area contributed by atoms with Gasteiger partial charge in [-0.25, -0.2) is 0 Å². The molecule has 0 aliphatic carbocycles. The van der Waals surface area contributed by atoms with Crippen molar-refractivity contribution in [3.05, 3.63) is 34.4 Å². The number of hydrogen-bond donors (Lipinski definition) is 1. The molecule has 1 aromatic carbocycles. The number of esters is 1. The fourth-order valence-electron chi connectivity index (χ4n) is 1.37. The molecule has 0 fully saturated rings. The fourth-order valence-corrected chi connectivity index (χ4v) is 1.37. The molecule has 0 saturated carbocycles. The van der Waals surface area contributed by atoms with Crippen LogP contribution in [0.1, 0.15) is 6.92 Å². The average Bonchev–Trinajstić information content (AvgIpc) is 2.42. The van der Waals surface area contributed by atoms with Crippen LogP contribution in [-0.2, 0) is 9.53 Å². The molecule has 1 unspecified atom stereocenters. The summed E-state index contributed by atoms with van der Waals surface area (Å²) in [6.45, 7) is 2.50. The molecule has 0 bridgehead atoms. The Kier molecular flexibility index (Phi) is 5.74. The molecule has 0 radical (unpaired) electrons. The van der Waals surface area contributed by atoms with E-state index in [-0.39, 0.29) is 11.7 Å². The summed E-state index contributed by atoms with van der Waals surface area (Å²) in [5.74, 6) is 0.202. The molecule has 104 valence electrons. The molecule has 7 heteroatoms. The first-order valence-corrected chi connectivity index (χ1v) is 5.73. The van der Waals surface area contributed by atoms with Gasteiger partial charge >= 0.3 is 5.97 Å². The van der Waals surface area contributed by atoms with Crippen LogP contribution in [0.5, 0.6) is 5.75 Å². The molecule has 0 spiro atoms. The fraction of sp³-hybridized carbons (Fsp3) is 0.417. The molecule has 0 aliphatic heterocycles. The van der Waals surface area contributed by atoms with Gasteiger partial charge in [-0.1, -0.05) is 0 Å². The van der Waals surface area contributed by atoms with Crippen molar-refractivity contribution in [2.45, 2.75) is 13.0 Å². The minimum Gasteiger partial charge on any atom is -0.492 e. The first kappa shape index (κ1) is 14.9. The Balaban J connectivity index is 2.29. The van der Waals surface area contributed by atoms with E-state index in [0.717, 1.165) is 0 Å². The van der Waals surface area contributed by atoms with Crippen molar-refractivity contribution in [2.75, 3.05) is 20.3 Å². The second-order valence-corrected chi connectivity index (χ2v) is 3.80. The number of benzene rings is 1. The second-order valence-electron chi connectivity index (χ2n) is 3.80. The average molecular weight is 268 g/mol. The maximum atomic E-state index is 11.1. The number of rotatable bonds is 7. The molecule has 0 heterocycles. The van der Waals surface area contributed by atoms with Crippen molar-refractivity contribution < 1.29 is 19.2 Å². The summed E-state index contributed by atoms with van der Waals surface area (Å²) in [5, 5.41) is 13.4. The van der Waals surface area contributed by atoms with Crippen molar-refractivity contribution >= 4 is 11.7 Å². The number of methoxy groups -OCH3 is 1. The number of nitro groups is 1. The van der Waals surface area contributed by atoms with Gasteiger partial charge in [0, 0.05) is 18.7 Å². The third kappa shape index (κ3) is 4.92. The lowest BCUT2D eigenvalue weighted by molar-refractivity contribution is -0.384. The largest absolute Gasteiger partial charge is 0.492 e. The number of nitro benzene ring substituents is 1. The number of nitrogens with zero attached hydrogens (tertiary/aromatic N) is 1. The third-order valence-electron chi connectivity index (χ3n) is 2.42. The second kappa shape index (κ2) is 7.32. The zero-order valence-corrected chi connectivity index (χ0v) is 10.8. The Hall–Kier alpha value is -2.15. The maximum Gasteiger partial charge on any atom is 0.322 e. The van der Waals surface area contributed by atoms with E-state index in [4.69, 9.17) is 4.74 Å². The van der Waals surface area contributed by atoms with E-state index in [0.29, 0.717) is 18.9 Å². The quantitative estimate of drug-likeness (QED) is 0.345. The predicted octanol–water partition coefficient (Wildman–Crippen LogP) is 1.12. The minimum absolute atomic E-state index is 0.0183. The molecule has 0 aromatic heterocycles. The first-order chi connectivity index (χ1) is 9.04. The summed E-state index contributed by atoms with van der Waals surface area (Å²) in [7, 11) is 1.33. The minimum atomic E-state index is -0.469. The molecule has 1 aromatic rings. The topological polar surface area (TPSA) is 90.7 Å². The Labute approximate surface area is 110 Å². The van der Waals surface area contributed by atoms with Crippen molar-refractivity contribution in [1.82, 2.24) is 5.32 Å². The smallest absolute Gasteiger partial charge is 0.322 e. The number of nitrogens with one attached hydrogen (secondary N) is 1. The van der Waals surface area contributed by atoms with E-state index in [1.807, 2.05) is 0 Å². The van der Waals surface area contributed by atoms with Gasteiger partial charge in [0.25, 0.3) is 5.69 Å². The molecule has 1 N–H and O–H groups in total. The number of non-ortho nitro benzene ring substituents is 1. The van der Waals surface area contributed by atoms with Gasteiger partial charge in [-0.15, -0.1) is 0 Å². The molecule has 0 aliphatic rings. The molecule has 19 heavy (non-hydrogen) atoms. The molecule has 0 saturated heterocycles. The number of ether oxygens (including phenoxy) is 2. The Bertz CT molecular complexity index is 432. The van der Waals surface area contributed by atoms with Crippen molar-refractivity contribution in [3.8, 4) is 5.75 Å². The zero-order chi connectivity index (χ0) is 14.3. The Morgan fingerprint density at radius 3 is 2.58 bits per heavy atom. The Morgan fingerprint density at radius 1 is 1.42 bits per heavy atom. The van der Waals surface area contributed by atoms with E-state index in [9.17, 15) is 14.9 Å². The molecular weight excluding hydrogens is 252 g/mol. The highest BCUT2D eigenvalue weighted by Gasteiger charge is 2.11. The van der Waals surface area contributed by atoms with Crippen LogP contribution in [0.25, 0.3) is 0 Å². The van der Waals surface area contributed by atoms with Crippen LogP contribution in [0.2, 0.25) is 0 Å². The highest BCUT2D eigenvalue weighted by molar-refractivity contribution is 5.75. The summed E-state index contributed by atoms with van der Waals surface area (Å²) >= 11 is 0. The standard InChI is InChI=1S/C12H16N2O5/c1-9(12(15)18-2)13-7-8-19-11-5-3-10(4-6-11)14(16)17/h3-6,9,13H,7-8H2,1-2H3. The maximum absolute atomic E-state index is 11.1. The van der Waals surface area contributed by atoms with Crippen LogP contribution in [0, 0.1) is 10.1 Å². The molecule has 0 amide bonds. The van der Waals surface area contributed by atoms with Gasteiger partial charge < -0.3 is 14.8 Å². The van der Waals surface area contributed by atoms with E-state index in [2.05, 4.69) is 10.1 Å². The summed E-state index contributed by atoms with van der Waals surface area (Å²) in [6, 6.07) is 5.41. The number of carbonyl (C=O) groups excluding carboxylic acids is 1. The van der Waals surface area contributed by atoms with Crippen LogP contribution >= 0.6 is 0 Å². The lowest BCUT2D eigenvalue weighted by atomic mass is 10.3. The summed E-state index contributed by atoms with van der Waals surface area (Å²) in [4.78, 5) is 21.1. The molecule has 7 nitrogen and oxygen atoms in total. The predicted molar refractivity (Wildman–Crippen MR) is 68.1 cm³/mol. The van der Waals surface area contributed by atoms with Crippen molar-refractivity contribution in [3.63, 3.8) is 0 Å². The van der Waals surface area contributed by atoms with Gasteiger partial charge in [0.1, 0.15) is 18.4 Å². The van der Waals surface area contributed by atoms with Gasteiger partial charge in [-0.05, 0) is 19.1 Å². The summed E-state index contributed by atoms with van der Waals surface area (Å²) in [5.41, 5.74) is 0.0183. The van der Waals surface area contributed by atoms with E-state index >= 15 is 0 Å². The monoisotopic (exact) mass is 268 g/mol. The van der Waals surface area contributed by atoms with Crippen LogP contribution in [0.4, 0.5) is 5.69 Å². The molecule has 1 rings (SSSR count). The Morgan fingerprint density at radius 2 is 2.05 bits per heavy atom. The van der Waals surface area contributed by atoms with Crippen molar-refractivity contribution in [1.29, 1.82) is 0 Å². The van der Waals surface area contributed by atoms with E-state index in [1.54, 1.807) is 6.92 Å². The van der Waals surface area contributed by atoms with E-state index < -0.39 is 11.0 Å². The highest BCUT2D eigenvalue weighted by atomic mass is 16.6. The third-order valence-corrected chi connectivity index (χ3v) is 2.42. The SMILES string of the molecule is COC(=O)C(C)NCCOc1ccc([N+](=O)[O-])cc1. The molecular formula is C12H16N2O5. The van der Waals surface area contributed by atoms with Gasteiger partial charge in [0.15, 0.2) is 0 Å². The van der Waals surface area contributed by atoms with E-state index in [1.165, 1.54) is 31.4 Å². The van der Waals surface area contributed by atoms with Gasteiger partial charge in [0.2, 0.25) is 0 Å².